The monoisotopic (exact) mass is 247 g/mol. The normalized spacial score (nSPS) is 11.1. The molecule has 0 aliphatic rings. The molecule has 0 saturated heterocycles. The highest BCUT2D eigenvalue weighted by atomic mass is 32.2. The first-order chi connectivity index (χ1) is 8.16. The van der Waals surface area contributed by atoms with Crippen molar-refractivity contribution < 1.29 is 13.2 Å². The Morgan fingerprint density at radius 1 is 1.12 bits per heavy atom. The van der Waals surface area contributed by atoms with E-state index in [0.29, 0.717) is 5.75 Å². The molecular weight excluding hydrogens is 236 g/mol. The van der Waals surface area contributed by atoms with Crippen LogP contribution in [0.2, 0.25) is 0 Å². The number of methoxy groups -OCH3 is 1. The summed E-state index contributed by atoms with van der Waals surface area (Å²) in [6.45, 7) is 0. The second-order valence-corrected chi connectivity index (χ2v) is 5.31. The van der Waals surface area contributed by atoms with Gasteiger partial charge in [0.25, 0.3) is 0 Å². The predicted octanol–water partition coefficient (Wildman–Crippen LogP) is 2.33. The lowest BCUT2D eigenvalue weighted by Crippen LogP contribution is -2.03. The van der Waals surface area contributed by atoms with Gasteiger partial charge in [0.1, 0.15) is 10.6 Å². The quantitative estimate of drug-likeness (QED) is 0.836. The average Bonchev–Trinajstić information content (AvgIpc) is 2.39. The van der Waals surface area contributed by atoms with Gasteiger partial charge in [-0.05, 0) is 30.3 Å². The van der Waals surface area contributed by atoms with Crippen molar-refractivity contribution in [1.29, 1.82) is 0 Å². The minimum Gasteiger partial charge on any atom is -0.495 e. The highest BCUT2D eigenvalue weighted by molar-refractivity contribution is 7.91. The second kappa shape index (κ2) is 4.59. The molecule has 2 aromatic carbocycles. The highest BCUT2D eigenvalue weighted by Gasteiger charge is 2.21. The first-order valence-electron chi connectivity index (χ1n) is 5.00. The van der Waals surface area contributed by atoms with Crippen LogP contribution < -0.4 is 4.74 Å². The Morgan fingerprint density at radius 2 is 1.82 bits per heavy atom. The van der Waals surface area contributed by atoms with E-state index in [4.69, 9.17) is 4.74 Å². The van der Waals surface area contributed by atoms with Crippen molar-refractivity contribution in [3.8, 4) is 5.75 Å². The van der Waals surface area contributed by atoms with Crippen molar-refractivity contribution in [3.63, 3.8) is 0 Å². The molecule has 0 bridgehead atoms. The summed E-state index contributed by atoms with van der Waals surface area (Å²) in [5, 5.41) is 0. The third kappa shape index (κ3) is 2.17. The molecule has 0 N–H and O–H groups in total. The number of benzene rings is 2. The van der Waals surface area contributed by atoms with E-state index in [2.05, 4.69) is 6.07 Å². The topological polar surface area (TPSA) is 43.4 Å². The zero-order valence-corrected chi connectivity index (χ0v) is 10.1. The van der Waals surface area contributed by atoms with Crippen LogP contribution in [-0.4, -0.2) is 15.5 Å². The molecule has 0 spiro atoms. The third-order valence-electron chi connectivity index (χ3n) is 2.35. The molecule has 17 heavy (non-hydrogen) atoms. The molecule has 3 nitrogen and oxygen atoms in total. The van der Waals surface area contributed by atoms with Crippen LogP contribution in [0.4, 0.5) is 0 Å². The van der Waals surface area contributed by atoms with E-state index in [1.807, 2.05) is 0 Å². The molecule has 0 atom stereocenters. The SMILES string of the molecule is COc1cc[c]cc1S(=O)(=O)c1ccccc1. The minimum atomic E-state index is -3.54. The van der Waals surface area contributed by atoms with Crippen molar-refractivity contribution in [1.82, 2.24) is 0 Å². The van der Waals surface area contributed by atoms with E-state index in [0.717, 1.165) is 0 Å². The molecule has 0 aliphatic heterocycles. The standard InChI is InChI=1S/C13H11O3S/c1-16-12-9-5-6-10-13(12)17(14,15)11-7-3-2-4-8-11/h2-5,7-10H,1H3. The van der Waals surface area contributed by atoms with Gasteiger partial charge >= 0.3 is 0 Å². The fraction of sp³-hybridized carbons (Fsp3) is 0.0769. The Balaban J connectivity index is 2.61. The first-order valence-corrected chi connectivity index (χ1v) is 6.49. The van der Waals surface area contributed by atoms with E-state index in [1.165, 1.54) is 13.2 Å². The van der Waals surface area contributed by atoms with Crippen molar-refractivity contribution in [2.24, 2.45) is 0 Å². The van der Waals surface area contributed by atoms with Crippen LogP contribution in [0.25, 0.3) is 0 Å². The lowest BCUT2D eigenvalue weighted by Gasteiger charge is -2.08. The molecule has 2 aromatic rings. The number of rotatable bonds is 3. The van der Waals surface area contributed by atoms with Gasteiger partial charge < -0.3 is 4.74 Å². The summed E-state index contributed by atoms with van der Waals surface area (Å²) in [5.41, 5.74) is 0. The van der Waals surface area contributed by atoms with Crippen LogP contribution in [0, 0.1) is 6.07 Å². The summed E-state index contributed by atoms with van der Waals surface area (Å²) in [6, 6.07) is 15.6. The Labute approximate surface area is 101 Å². The van der Waals surface area contributed by atoms with Crippen LogP contribution >= 0.6 is 0 Å². The third-order valence-corrected chi connectivity index (χ3v) is 4.14. The lowest BCUT2D eigenvalue weighted by molar-refractivity contribution is 0.402. The number of hydrogen-bond acceptors (Lipinski definition) is 3. The Kier molecular flexibility index (Phi) is 3.15. The van der Waals surface area contributed by atoms with Gasteiger partial charge in [0.2, 0.25) is 9.84 Å². The Bertz CT molecular complexity index is 604. The van der Waals surface area contributed by atoms with Gasteiger partial charge in [-0.1, -0.05) is 24.3 Å². The van der Waals surface area contributed by atoms with Crippen LogP contribution in [0.1, 0.15) is 0 Å². The molecule has 87 valence electrons. The summed E-state index contributed by atoms with van der Waals surface area (Å²) in [5.74, 6) is 0.326. The maximum Gasteiger partial charge on any atom is 0.210 e. The van der Waals surface area contributed by atoms with E-state index < -0.39 is 9.84 Å². The summed E-state index contributed by atoms with van der Waals surface area (Å²) in [7, 11) is -2.09. The van der Waals surface area contributed by atoms with E-state index in [-0.39, 0.29) is 9.79 Å². The van der Waals surface area contributed by atoms with Gasteiger partial charge in [0.15, 0.2) is 0 Å². The van der Waals surface area contributed by atoms with Gasteiger partial charge in [-0.2, -0.15) is 0 Å². The molecule has 2 rings (SSSR count). The second-order valence-electron chi connectivity index (χ2n) is 3.39. The number of sulfone groups is 1. The molecular formula is C13H11O3S. The summed E-state index contributed by atoms with van der Waals surface area (Å²) in [4.78, 5) is 0.381. The summed E-state index contributed by atoms with van der Waals surface area (Å²) in [6.07, 6.45) is 0. The van der Waals surface area contributed by atoms with E-state index >= 15 is 0 Å². The van der Waals surface area contributed by atoms with E-state index in [9.17, 15) is 8.42 Å². The average molecular weight is 247 g/mol. The van der Waals surface area contributed by atoms with E-state index in [1.54, 1.807) is 42.5 Å². The molecule has 0 heterocycles. The maximum atomic E-state index is 12.3. The molecule has 0 aromatic heterocycles. The predicted molar refractivity (Wildman–Crippen MR) is 63.7 cm³/mol. The molecule has 0 amide bonds. The van der Waals surface area contributed by atoms with Crippen LogP contribution in [-0.2, 0) is 9.84 Å². The highest BCUT2D eigenvalue weighted by Crippen LogP contribution is 2.28. The molecule has 0 unspecified atom stereocenters. The van der Waals surface area contributed by atoms with Crippen LogP contribution in [0.3, 0.4) is 0 Å². The molecule has 0 fully saturated rings. The van der Waals surface area contributed by atoms with Gasteiger partial charge in [0, 0.05) is 0 Å². The largest absolute Gasteiger partial charge is 0.495 e. The van der Waals surface area contributed by atoms with Crippen molar-refractivity contribution in [2.75, 3.05) is 7.11 Å². The maximum absolute atomic E-state index is 12.3. The van der Waals surface area contributed by atoms with Gasteiger partial charge in [0.05, 0.1) is 12.0 Å². The van der Waals surface area contributed by atoms with Crippen LogP contribution in [0.5, 0.6) is 5.75 Å². The van der Waals surface area contributed by atoms with Gasteiger partial charge in [-0.15, -0.1) is 0 Å². The van der Waals surface area contributed by atoms with Crippen molar-refractivity contribution in [3.05, 3.63) is 54.6 Å². The molecule has 0 saturated carbocycles. The molecule has 4 heteroatoms. The molecule has 0 aliphatic carbocycles. The fourth-order valence-electron chi connectivity index (χ4n) is 1.51. The van der Waals surface area contributed by atoms with Gasteiger partial charge in [-0.3, -0.25) is 0 Å². The zero-order chi connectivity index (χ0) is 12.3. The first kappa shape index (κ1) is 11.7. The Morgan fingerprint density at radius 3 is 2.47 bits per heavy atom. The minimum absolute atomic E-state index is 0.133. The smallest absolute Gasteiger partial charge is 0.210 e. The van der Waals surface area contributed by atoms with Gasteiger partial charge in [-0.25, -0.2) is 8.42 Å². The Hall–Kier alpha value is -1.81. The fourth-order valence-corrected chi connectivity index (χ4v) is 2.91. The number of ether oxygens (including phenoxy) is 1. The lowest BCUT2D eigenvalue weighted by atomic mass is 10.3. The summed E-state index contributed by atoms with van der Waals surface area (Å²) < 4.78 is 29.7. The number of hydrogen-bond donors (Lipinski definition) is 0. The molecule has 1 radical (unpaired) electrons. The van der Waals surface area contributed by atoms with Crippen LogP contribution in [0.15, 0.2) is 58.3 Å². The van der Waals surface area contributed by atoms with Crippen molar-refractivity contribution >= 4 is 9.84 Å². The summed E-state index contributed by atoms with van der Waals surface area (Å²) >= 11 is 0. The van der Waals surface area contributed by atoms with Crippen molar-refractivity contribution in [2.45, 2.75) is 9.79 Å². The zero-order valence-electron chi connectivity index (χ0n) is 9.25.